The summed E-state index contributed by atoms with van der Waals surface area (Å²) in [5, 5.41) is 13.8. The zero-order chi connectivity index (χ0) is 25.4. The molecule has 1 aromatic carbocycles. The first-order valence-corrected chi connectivity index (χ1v) is 12.6. The molecule has 1 amide bonds. The summed E-state index contributed by atoms with van der Waals surface area (Å²) in [5.74, 6) is 0.981. The number of hydrogen-bond acceptors (Lipinski definition) is 7. The molecule has 1 fully saturated rings. The highest BCUT2D eigenvalue weighted by atomic mass is 35.5. The third-order valence-electron chi connectivity index (χ3n) is 5.85. The van der Waals surface area contributed by atoms with Crippen LogP contribution in [0.1, 0.15) is 19.0 Å². The Morgan fingerprint density at radius 1 is 1.23 bits per heavy atom. The van der Waals surface area contributed by atoms with Gasteiger partial charge >= 0.3 is 0 Å². The van der Waals surface area contributed by atoms with Crippen molar-refractivity contribution in [2.24, 2.45) is 5.92 Å². The number of aromatic nitrogens is 2. The van der Waals surface area contributed by atoms with Gasteiger partial charge in [-0.25, -0.2) is 4.98 Å². The normalized spacial score (nSPS) is 18.2. The van der Waals surface area contributed by atoms with Crippen LogP contribution in [0.25, 0.3) is 0 Å². The number of halogens is 1. The predicted molar refractivity (Wildman–Crippen MR) is 147 cm³/mol. The Bertz CT molecular complexity index is 1000. The first kappa shape index (κ1) is 27.1. The Morgan fingerprint density at radius 2 is 1.97 bits per heavy atom. The van der Waals surface area contributed by atoms with Crippen LogP contribution in [0.4, 0.5) is 17.5 Å². The van der Waals surface area contributed by atoms with Crippen LogP contribution in [-0.2, 0) is 4.79 Å². The second-order valence-corrected chi connectivity index (χ2v) is 9.78. The minimum atomic E-state index is -0.140. The zero-order valence-corrected chi connectivity index (χ0v) is 22.3. The lowest BCUT2D eigenvalue weighted by atomic mass is 9.90. The molecule has 11 heteroatoms. The van der Waals surface area contributed by atoms with E-state index in [9.17, 15) is 4.79 Å². The van der Waals surface area contributed by atoms with Crippen LogP contribution in [0.15, 0.2) is 30.3 Å². The van der Waals surface area contributed by atoms with Crippen molar-refractivity contribution in [2.75, 3.05) is 62.8 Å². The number of carbonyl (C=O) groups is 1. The molecule has 1 aliphatic rings. The number of nitrogens with one attached hydrogen (secondary N) is 4. The van der Waals surface area contributed by atoms with E-state index in [1.807, 2.05) is 39.2 Å². The fourth-order valence-corrected chi connectivity index (χ4v) is 4.32. The van der Waals surface area contributed by atoms with Crippen molar-refractivity contribution in [1.29, 1.82) is 0 Å². The summed E-state index contributed by atoms with van der Waals surface area (Å²) in [6, 6.07) is 9.07. The Kier molecular flexibility index (Phi) is 10.0. The van der Waals surface area contributed by atoms with E-state index in [4.69, 9.17) is 23.8 Å². The molecule has 3 rings (SSSR count). The van der Waals surface area contributed by atoms with Gasteiger partial charge in [0.1, 0.15) is 5.82 Å². The SMILES string of the molecule is CCN1CCC(C(=O)NCCN(C)C)C(Nc2cc(C)nc(NC(=S)Nc3ccc(Cl)cc3)n2)C1. The van der Waals surface area contributed by atoms with Crippen LogP contribution in [-0.4, -0.2) is 83.6 Å². The van der Waals surface area contributed by atoms with Gasteiger partial charge in [0.25, 0.3) is 0 Å². The number of likely N-dealkylation sites (tertiary alicyclic amines) is 1. The molecule has 190 valence electrons. The van der Waals surface area contributed by atoms with Gasteiger partial charge in [-0.05, 0) is 77.0 Å². The van der Waals surface area contributed by atoms with Crippen molar-refractivity contribution >= 4 is 52.3 Å². The van der Waals surface area contributed by atoms with Gasteiger partial charge in [0.2, 0.25) is 11.9 Å². The largest absolute Gasteiger partial charge is 0.365 e. The maximum atomic E-state index is 13.0. The summed E-state index contributed by atoms with van der Waals surface area (Å²) in [6.45, 7) is 8.09. The molecule has 2 heterocycles. The number of thiocarbonyl (C=S) groups is 1. The Balaban J connectivity index is 1.68. The Morgan fingerprint density at radius 3 is 2.66 bits per heavy atom. The maximum absolute atomic E-state index is 13.0. The molecule has 0 radical (unpaired) electrons. The number of amides is 1. The average Bonchev–Trinajstić information content (AvgIpc) is 2.79. The molecule has 1 aromatic heterocycles. The number of rotatable bonds is 9. The van der Waals surface area contributed by atoms with Crippen LogP contribution in [0, 0.1) is 12.8 Å². The van der Waals surface area contributed by atoms with Crippen molar-refractivity contribution in [3.63, 3.8) is 0 Å². The van der Waals surface area contributed by atoms with Crippen LogP contribution < -0.4 is 21.3 Å². The molecule has 2 aromatic rings. The Hall–Kier alpha value is -2.53. The first-order chi connectivity index (χ1) is 16.7. The van der Waals surface area contributed by atoms with E-state index in [0.29, 0.717) is 28.4 Å². The van der Waals surface area contributed by atoms with Gasteiger partial charge in [-0.1, -0.05) is 18.5 Å². The van der Waals surface area contributed by atoms with E-state index in [1.54, 1.807) is 12.1 Å². The van der Waals surface area contributed by atoms with E-state index in [-0.39, 0.29) is 17.9 Å². The van der Waals surface area contributed by atoms with Crippen LogP contribution in [0.3, 0.4) is 0 Å². The number of aryl methyl sites for hydroxylation is 1. The van der Waals surface area contributed by atoms with Crippen LogP contribution in [0.5, 0.6) is 0 Å². The van der Waals surface area contributed by atoms with Crippen LogP contribution >= 0.6 is 23.8 Å². The third-order valence-corrected chi connectivity index (χ3v) is 6.31. The minimum absolute atomic E-state index is 0.0654. The highest BCUT2D eigenvalue weighted by molar-refractivity contribution is 7.80. The van der Waals surface area contributed by atoms with E-state index in [1.165, 1.54) is 0 Å². The second-order valence-electron chi connectivity index (χ2n) is 8.94. The standard InChI is InChI=1S/C24H35ClN8OS/c1-5-33-12-10-19(22(34)26-11-13-32(3)4)20(15-33)29-21-14-16(2)27-23(30-21)31-24(35)28-18-8-6-17(25)7-9-18/h6-9,14,19-20H,5,10-13,15H2,1-4H3,(H,26,34)(H3,27,28,29,30,31,35). The van der Waals surface area contributed by atoms with Gasteiger partial charge in [-0.3, -0.25) is 4.79 Å². The van der Waals surface area contributed by atoms with Crippen molar-refractivity contribution in [2.45, 2.75) is 26.3 Å². The smallest absolute Gasteiger partial charge is 0.231 e. The molecule has 2 atom stereocenters. The molecule has 4 N–H and O–H groups in total. The van der Waals surface area contributed by atoms with Gasteiger partial charge in [0.15, 0.2) is 5.11 Å². The van der Waals surface area contributed by atoms with Gasteiger partial charge < -0.3 is 31.1 Å². The summed E-state index contributed by atoms with van der Waals surface area (Å²) in [6.07, 6.45) is 0.795. The number of benzene rings is 1. The highest BCUT2D eigenvalue weighted by Crippen LogP contribution is 2.22. The minimum Gasteiger partial charge on any atom is -0.365 e. The van der Waals surface area contributed by atoms with Gasteiger partial charge in [-0.15, -0.1) is 0 Å². The molecule has 1 aliphatic heterocycles. The Labute approximate surface area is 218 Å². The number of nitrogens with zero attached hydrogens (tertiary/aromatic N) is 4. The number of piperidine rings is 1. The van der Waals surface area contributed by atoms with Crippen molar-refractivity contribution in [3.05, 3.63) is 41.0 Å². The quantitative estimate of drug-likeness (QED) is 0.373. The lowest BCUT2D eigenvalue weighted by Crippen LogP contribution is -2.53. The average molecular weight is 519 g/mol. The molecule has 0 saturated carbocycles. The van der Waals surface area contributed by atoms with E-state index in [2.05, 4.69) is 48.0 Å². The summed E-state index contributed by atoms with van der Waals surface area (Å²) in [5.41, 5.74) is 1.59. The summed E-state index contributed by atoms with van der Waals surface area (Å²) in [7, 11) is 3.99. The molecular weight excluding hydrogens is 484 g/mol. The summed E-state index contributed by atoms with van der Waals surface area (Å²) in [4.78, 5) is 26.5. The molecule has 1 saturated heterocycles. The number of hydrogen-bond donors (Lipinski definition) is 4. The third kappa shape index (κ3) is 8.57. The van der Waals surface area contributed by atoms with E-state index >= 15 is 0 Å². The fraction of sp³-hybridized carbons (Fsp3) is 0.500. The molecular formula is C24H35ClN8OS. The van der Waals surface area contributed by atoms with Crippen LogP contribution in [0.2, 0.25) is 5.02 Å². The highest BCUT2D eigenvalue weighted by Gasteiger charge is 2.34. The number of anilines is 3. The predicted octanol–water partition coefficient (Wildman–Crippen LogP) is 3.05. The second kappa shape index (κ2) is 13.0. The first-order valence-electron chi connectivity index (χ1n) is 11.8. The molecule has 2 unspecified atom stereocenters. The summed E-state index contributed by atoms with van der Waals surface area (Å²) < 4.78 is 0. The monoisotopic (exact) mass is 518 g/mol. The van der Waals surface area contributed by atoms with Crippen molar-refractivity contribution in [3.8, 4) is 0 Å². The number of likely N-dealkylation sites (N-methyl/N-ethyl adjacent to an activating group) is 2. The zero-order valence-electron chi connectivity index (χ0n) is 20.8. The summed E-state index contributed by atoms with van der Waals surface area (Å²) >= 11 is 11.4. The molecule has 0 bridgehead atoms. The van der Waals surface area contributed by atoms with Gasteiger partial charge in [0.05, 0.1) is 12.0 Å². The van der Waals surface area contributed by atoms with Gasteiger partial charge in [-0.2, -0.15) is 4.98 Å². The molecule has 0 spiro atoms. The van der Waals surface area contributed by atoms with E-state index in [0.717, 1.165) is 44.0 Å². The van der Waals surface area contributed by atoms with Gasteiger partial charge in [0, 0.05) is 42.1 Å². The van der Waals surface area contributed by atoms with E-state index < -0.39 is 0 Å². The number of carbonyl (C=O) groups excluding carboxylic acids is 1. The molecule has 0 aliphatic carbocycles. The van der Waals surface area contributed by atoms with Crippen molar-refractivity contribution < 1.29 is 4.79 Å². The van der Waals surface area contributed by atoms with Crippen molar-refractivity contribution in [1.82, 2.24) is 25.1 Å². The maximum Gasteiger partial charge on any atom is 0.231 e. The molecule has 35 heavy (non-hydrogen) atoms. The lowest BCUT2D eigenvalue weighted by molar-refractivity contribution is -0.126. The lowest BCUT2D eigenvalue weighted by Gasteiger charge is -2.38. The molecule has 9 nitrogen and oxygen atoms in total. The topological polar surface area (TPSA) is 97.5 Å². The fourth-order valence-electron chi connectivity index (χ4n) is 3.99.